The molecule has 0 bridgehead atoms. The highest BCUT2D eigenvalue weighted by Crippen LogP contribution is 2.29. The lowest BCUT2D eigenvalue weighted by molar-refractivity contribution is -0.113. The summed E-state index contributed by atoms with van der Waals surface area (Å²) < 4.78 is 12.2. The van der Waals surface area contributed by atoms with Crippen molar-refractivity contribution < 1.29 is 14.3 Å². The number of thioether (sulfide) groups is 1. The Morgan fingerprint density at radius 1 is 1.30 bits per heavy atom. The van der Waals surface area contributed by atoms with E-state index < -0.39 is 0 Å². The van der Waals surface area contributed by atoms with Gasteiger partial charge in [0.2, 0.25) is 5.91 Å². The summed E-state index contributed by atoms with van der Waals surface area (Å²) in [6, 6.07) is 6.97. The first-order valence-corrected chi connectivity index (χ1v) is 10.6. The number of aromatic amines is 1. The number of benzene rings is 1. The van der Waals surface area contributed by atoms with E-state index in [1.165, 1.54) is 18.9 Å². The molecule has 0 aliphatic carbocycles. The van der Waals surface area contributed by atoms with E-state index in [0.717, 1.165) is 12.1 Å². The van der Waals surface area contributed by atoms with E-state index in [1.807, 2.05) is 26.8 Å². The van der Waals surface area contributed by atoms with Crippen molar-refractivity contribution in [1.29, 1.82) is 0 Å². The number of fused-ring (bicyclic) bond motifs is 1. The van der Waals surface area contributed by atoms with Crippen LogP contribution in [0.4, 0.5) is 5.69 Å². The average molecular weight is 431 g/mol. The minimum absolute atomic E-state index is 0.0368. The number of hydrogen-bond acceptors (Lipinski definition) is 6. The van der Waals surface area contributed by atoms with Gasteiger partial charge in [0.05, 0.1) is 31.2 Å². The molecule has 8 nitrogen and oxygen atoms in total. The largest absolute Gasteiger partial charge is 0.497 e. The number of ether oxygens (including phenoxy) is 2. The number of rotatable bonds is 8. The Bertz CT molecular complexity index is 1120. The fourth-order valence-electron chi connectivity index (χ4n) is 3.08. The van der Waals surface area contributed by atoms with Gasteiger partial charge in [-0.1, -0.05) is 18.7 Å². The molecule has 2 heterocycles. The van der Waals surface area contributed by atoms with Crippen LogP contribution < -0.4 is 20.3 Å². The van der Waals surface area contributed by atoms with Crippen molar-refractivity contribution in [3.8, 4) is 11.5 Å². The van der Waals surface area contributed by atoms with Crippen molar-refractivity contribution in [3.63, 3.8) is 0 Å². The van der Waals surface area contributed by atoms with Crippen LogP contribution in [0.2, 0.25) is 0 Å². The summed E-state index contributed by atoms with van der Waals surface area (Å²) in [6.07, 6.45) is 0.773. The maximum Gasteiger partial charge on any atom is 0.278 e. The van der Waals surface area contributed by atoms with Crippen LogP contribution in [0.5, 0.6) is 11.5 Å². The van der Waals surface area contributed by atoms with Gasteiger partial charge in [0.25, 0.3) is 5.56 Å². The summed E-state index contributed by atoms with van der Waals surface area (Å²) in [5, 5.41) is 3.37. The minimum atomic E-state index is -0.223. The fourth-order valence-corrected chi connectivity index (χ4v) is 3.98. The van der Waals surface area contributed by atoms with Gasteiger partial charge in [0.15, 0.2) is 5.16 Å². The monoisotopic (exact) mass is 430 g/mol. The number of aromatic nitrogens is 3. The van der Waals surface area contributed by atoms with Crippen LogP contribution in [-0.2, 0) is 4.79 Å². The van der Waals surface area contributed by atoms with Crippen LogP contribution in [0.15, 0.2) is 34.2 Å². The summed E-state index contributed by atoms with van der Waals surface area (Å²) in [6.45, 7) is 5.87. The summed E-state index contributed by atoms with van der Waals surface area (Å²) in [4.78, 5) is 33.3. The third kappa shape index (κ3) is 4.46. The lowest BCUT2D eigenvalue weighted by Gasteiger charge is -2.17. The van der Waals surface area contributed by atoms with Gasteiger partial charge in [0.1, 0.15) is 17.0 Å². The molecule has 0 spiro atoms. The number of carbonyl (C=O) groups is 1. The number of nitrogens with zero attached hydrogens (tertiary/aromatic N) is 2. The number of carbonyl (C=O) groups excluding carboxylic acids is 1. The normalized spacial score (nSPS) is 12.0. The summed E-state index contributed by atoms with van der Waals surface area (Å²) in [5.74, 6) is 1.02. The molecular formula is C21H26N4O4S. The van der Waals surface area contributed by atoms with Gasteiger partial charge in [-0.2, -0.15) is 0 Å². The average Bonchev–Trinajstić information content (AvgIpc) is 3.12. The van der Waals surface area contributed by atoms with E-state index in [2.05, 4.69) is 15.3 Å². The molecule has 0 aliphatic heterocycles. The van der Waals surface area contributed by atoms with E-state index in [-0.39, 0.29) is 23.3 Å². The molecule has 0 saturated heterocycles. The van der Waals surface area contributed by atoms with Crippen LogP contribution >= 0.6 is 11.8 Å². The van der Waals surface area contributed by atoms with Gasteiger partial charge in [-0.3, -0.25) is 14.2 Å². The fraction of sp³-hybridized carbons (Fsp3) is 0.381. The van der Waals surface area contributed by atoms with Gasteiger partial charge in [0, 0.05) is 17.8 Å². The first-order chi connectivity index (χ1) is 14.4. The van der Waals surface area contributed by atoms with Crippen molar-refractivity contribution in [3.05, 3.63) is 40.3 Å². The molecule has 3 aromatic rings. The van der Waals surface area contributed by atoms with Crippen LogP contribution in [0.25, 0.3) is 11.0 Å². The Hall–Kier alpha value is -2.94. The van der Waals surface area contributed by atoms with Crippen molar-refractivity contribution in [2.75, 3.05) is 25.3 Å². The minimum Gasteiger partial charge on any atom is -0.497 e. The van der Waals surface area contributed by atoms with E-state index in [1.54, 1.807) is 29.9 Å². The topological polar surface area (TPSA) is 98.2 Å². The van der Waals surface area contributed by atoms with Crippen LogP contribution in [0.3, 0.4) is 0 Å². The lowest BCUT2D eigenvalue weighted by atomic mass is 10.2. The molecule has 30 heavy (non-hydrogen) atoms. The second-order valence-electron chi connectivity index (χ2n) is 6.94. The first-order valence-electron chi connectivity index (χ1n) is 9.64. The quantitative estimate of drug-likeness (QED) is 0.417. The summed E-state index contributed by atoms with van der Waals surface area (Å²) >= 11 is 1.24. The van der Waals surface area contributed by atoms with E-state index in [0.29, 0.717) is 33.4 Å². The van der Waals surface area contributed by atoms with E-state index >= 15 is 0 Å². The molecule has 1 aromatic carbocycles. The van der Waals surface area contributed by atoms with Gasteiger partial charge >= 0.3 is 0 Å². The molecule has 0 radical (unpaired) electrons. The highest BCUT2D eigenvalue weighted by Gasteiger charge is 2.18. The van der Waals surface area contributed by atoms with Crippen LogP contribution in [-0.4, -0.2) is 40.4 Å². The zero-order valence-corrected chi connectivity index (χ0v) is 18.6. The SMILES string of the molecule is CC[C@H](C)n1c(SCC(=O)Nc2ccc(OC)cc2OC)nc2cc(C)[nH]c2c1=O. The Balaban J connectivity index is 1.83. The molecule has 9 heteroatoms. The highest BCUT2D eigenvalue weighted by molar-refractivity contribution is 7.99. The van der Waals surface area contributed by atoms with Gasteiger partial charge in [-0.25, -0.2) is 4.98 Å². The van der Waals surface area contributed by atoms with Gasteiger partial charge < -0.3 is 19.8 Å². The number of hydrogen-bond donors (Lipinski definition) is 2. The molecule has 1 amide bonds. The third-order valence-electron chi connectivity index (χ3n) is 4.83. The van der Waals surface area contributed by atoms with Crippen LogP contribution in [0.1, 0.15) is 32.0 Å². The van der Waals surface area contributed by atoms with Crippen LogP contribution in [0, 0.1) is 6.92 Å². The van der Waals surface area contributed by atoms with E-state index in [4.69, 9.17) is 9.47 Å². The molecule has 2 N–H and O–H groups in total. The highest BCUT2D eigenvalue weighted by atomic mass is 32.2. The number of nitrogens with one attached hydrogen (secondary N) is 2. The molecular weight excluding hydrogens is 404 g/mol. The molecule has 0 unspecified atom stereocenters. The Morgan fingerprint density at radius 2 is 2.07 bits per heavy atom. The number of aryl methyl sites for hydroxylation is 1. The smallest absolute Gasteiger partial charge is 0.278 e. The lowest BCUT2D eigenvalue weighted by Crippen LogP contribution is -2.26. The Morgan fingerprint density at radius 3 is 2.73 bits per heavy atom. The molecule has 1 atom stereocenters. The molecule has 160 valence electrons. The number of anilines is 1. The Kier molecular flexibility index (Phi) is 6.71. The second-order valence-corrected chi connectivity index (χ2v) is 7.88. The molecule has 2 aromatic heterocycles. The number of methoxy groups -OCH3 is 2. The van der Waals surface area contributed by atoms with Gasteiger partial charge in [-0.15, -0.1) is 0 Å². The van der Waals surface area contributed by atoms with E-state index in [9.17, 15) is 9.59 Å². The van der Waals surface area contributed by atoms with Crippen molar-refractivity contribution in [2.24, 2.45) is 0 Å². The zero-order valence-electron chi connectivity index (χ0n) is 17.7. The van der Waals surface area contributed by atoms with Crippen molar-refractivity contribution >= 4 is 34.4 Å². The first kappa shape index (κ1) is 21.8. The molecule has 0 aliphatic rings. The molecule has 3 rings (SSSR count). The number of H-pyrrole nitrogens is 1. The second kappa shape index (κ2) is 9.25. The molecule has 0 fully saturated rings. The predicted octanol–water partition coefficient (Wildman–Crippen LogP) is 3.75. The van der Waals surface area contributed by atoms with Crippen molar-refractivity contribution in [1.82, 2.24) is 14.5 Å². The zero-order chi connectivity index (χ0) is 21.8. The van der Waals surface area contributed by atoms with Gasteiger partial charge in [-0.05, 0) is 38.5 Å². The third-order valence-corrected chi connectivity index (χ3v) is 5.79. The molecule has 0 saturated carbocycles. The number of amides is 1. The predicted molar refractivity (Wildman–Crippen MR) is 119 cm³/mol. The maximum absolute atomic E-state index is 13.0. The van der Waals surface area contributed by atoms with Crippen molar-refractivity contribution in [2.45, 2.75) is 38.4 Å². The maximum atomic E-state index is 13.0. The standard InChI is InChI=1S/C21H26N4O4S/c1-6-13(3)25-20(27)19-16(9-12(2)22-19)24-21(25)30-11-18(26)23-15-8-7-14(28-4)10-17(15)29-5/h7-10,13,22H,6,11H2,1-5H3,(H,23,26)/t13-/m0/s1. The Labute approximate surface area is 179 Å². The summed E-state index contributed by atoms with van der Waals surface area (Å²) in [7, 11) is 3.10. The summed E-state index contributed by atoms with van der Waals surface area (Å²) in [5.41, 5.74) is 2.40.